The molecule has 2 unspecified atom stereocenters. The molecule has 0 saturated heterocycles. The van der Waals surface area contributed by atoms with Crippen LogP contribution in [0.15, 0.2) is 30.3 Å². The third-order valence-electron chi connectivity index (χ3n) is 8.16. The third kappa shape index (κ3) is 2.24. The predicted molar refractivity (Wildman–Crippen MR) is 114 cm³/mol. The molecular weight excluding hydrogens is 371 g/mol. The van der Waals surface area contributed by atoms with Crippen LogP contribution in [0.5, 0.6) is 0 Å². The molecule has 2 aromatic carbocycles. The van der Waals surface area contributed by atoms with E-state index < -0.39 is 0 Å². The monoisotopic (exact) mass is 396 g/mol. The fourth-order valence-electron chi connectivity index (χ4n) is 8.49. The van der Waals surface area contributed by atoms with Gasteiger partial charge in [0.15, 0.2) is 0 Å². The van der Waals surface area contributed by atoms with Crippen LogP contribution in [0.2, 0.25) is 10.0 Å². The van der Waals surface area contributed by atoms with Gasteiger partial charge in [0.1, 0.15) is 0 Å². The van der Waals surface area contributed by atoms with Crippen molar-refractivity contribution in [3.05, 3.63) is 57.1 Å². The molecule has 0 radical (unpaired) electrons. The summed E-state index contributed by atoms with van der Waals surface area (Å²) in [4.78, 5) is 0. The highest BCUT2D eigenvalue weighted by Gasteiger charge is 2.61. The van der Waals surface area contributed by atoms with Gasteiger partial charge in [-0.05, 0) is 101 Å². The smallest absolute Gasteiger partial charge is 0.0633 e. The molecule has 0 aromatic heterocycles. The van der Waals surface area contributed by atoms with Crippen LogP contribution in [-0.2, 0) is 11.8 Å². The van der Waals surface area contributed by atoms with Crippen LogP contribution in [0.3, 0.4) is 0 Å². The highest BCUT2D eigenvalue weighted by Crippen LogP contribution is 2.71. The Balaban J connectivity index is 1.60. The van der Waals surface area contributed by atoms with Gasteiger partial charge in [-0.2, -0.15) is 0 Å². The SMILES string of the molecule is CC12CC3CC(C)(C1)CC(c1c(Cl)c(Cl)cc4c1Cc1ccccc1-4)(C3)C2. The van der Waals surface area contributed by atoms with Gasteiger partial charge >= 0.3 is 0 Å². The average molecular weight is 397 g/mol. The molecule has 27 heavy (non-hydrogen) atoms. The van der Waals surface area contributed by atoms with Gasteiger partial charge in [-0.15, -0.1) is 0 Å². The van der Waals surface area contributed by atoms with Gasteiger partial charge < -0.3 is 0 Å². The number of hydrogen-bond acceptors (Lipinski definition) is 0. The number of halogens is 2. The summed E-state index contributed by atoms with van der Waals surface area (Å²) in [7, 11) is 0. The van der Waals surface area contributed by atoms with Crippen molar-refractivity contribution in [2.45, 2.75) is 64.2 Å². The number of rotatable bonds is 1. The zero-order valence-corrected chi connectivity index (χ0v) is 17.7. The zero-order valence-electron chi connectivity index (χ0n) is 16.2. The van der Waals surface area contributed by atoms with Crippen molar-refractivity contribution in [2.24, 2.45) is 16.7 Å². The molecule has 0 nitrogen and oxygen atoms in total. The first-order valence-corrected chi connectivity index (χ1v) is 11.2. The highest BCUT2D eigenvalue weighted by molar-refractivity contribution is 6.43. The molecule has 5 aliphatic rings. The van der Waals surface area contributed by atoms with E-state index in [1.165, 1.54) is 66.3 Å². The molecule has 0 spiro atoms. The lowest BCUT2D eigenvalue weighted by atomic mass is 9.39. The molecule has 4 bridgehead atoms. The number of hydrogen-bond donors (Lipinski definition) is 0. The summed E-state index contributed by atoms with van der Waals surface area (Å²) in [6.45, 7) is 5.08. The minimum absolute atomic E-state index is 0.219. The third-order valence-corrected chi connectivity index (χ3v) is 8.95. The van der Waals surface area contributed by atoms with Crippen molar-refractivity contribution in [1.29, 1.82) is 0 Å². The van der Waals surface area contributed by atoms with E-state index in [9.17, 15) is 0 Å². The van der Waals surface area contributed by atoms with Crippen LogP contribution >= 0.6 is 23.2 Å². The van der Waals surface area contributed by atoms with Crippen LogP contribution in [0.25, 0.3) is 11.1 Å². The van der Waals surface area contributed by atoms with Crippen LogP contribution in [0, 0.1) is 16.7 Å². The molecule has 0 amide bonds. The fourth-order valence-corrected chi connectivity index (χ4v) is 9.07. The van der Waals surface area contributed by atoms with Gasteiger partial charge in [0.2, 0.25) is 0 Å². The van der Waals surface area contributed by atoms with E-state index in [0.717, 1.165) is 22.4 Å². The van der Waals surface area contributed by atoms with Crippen LogP contribution in [0.1, 0.15) is 69.1 Å². The van der Waals surface area contributed by atoms with E-state index in [0.29, 0.717) is 10.8 Å². The molecule has 2 aromatic rings. The molecule has 2 heteroatoms. The molecular formula is C25H26Cl2. The summed E-state index contributed by atoms with van der Waals surface area (Å²) >= 11 is 13.8. The lowest BCUT2D eigenvalue weighted by Crippen LogP contribution is -2.57. The molecule has 4 fully saturated rings. The Morgan fingerprint density at radius 2 is 1.59 bits per heavy atom. The lowest BCUT2D eigenvalue weighted by Gasteiger charge is -2.66. The summed E-state index contributed by atoms with van der Waals surface area (Å²) in [6.07, 6.45) is 9.09. The Morgan fingerprint density at radius 3 is 2.30 bits per heavy atom. The van der Waals surface area contributed by atoms with E-state index in [-0.39, 0.29) is 5.41 Å². The van der Waals surface area contributed by atoms with Crippen LogP contribution in [-0.4, -0.2) is 0 Å². The summed E-state index contributed by atoms with van der Waals surface area (Å²) in [5.74, 6) is 0.853. The first-order valence-electron chi connectivity index (χ1n) is 10.4. The second-order valence-electron chi connectivity index (χ2n) is 10.8. The topological polar surface area (TPSA) is 0 Å². The Labute approximate surface area is 172 Å². The second kappa shape index (κ2) is 5.14. The summed E-state index contributed by atoms with van der Waals surface area (Å²) in [5.41, 5.74) is 8.17. The molecule has 5 aliphatic carbocycles. The van der Waals surface area contributed by atoms with E-state index in [4.69, 9.17) is 23.2 Å². The second-order valence-corrected chi connectivity index (χ2v) is 11.6. The maximum Gasteiger partial charge on any atom is 0.0633 e. The van der Waals surface area contributed by atoms with Gasteiger partial charge in [-0.1, -0.05) is 61.3 Å². The van der Waals surface area contributed by atoms with Crippen LogP contribution < -0.4 is 0 Å². The minimum atomic E-state index is 0.219. The summed E-state index contributed by atoms with van der Waals surface area (Å²) < 4.78 is 0. The largest absolute Gasteiger partial charge is 0.0827 e. The van der Waals surface area contributed by atoms with Crippen molar-refractivity contribution in [3.8, 4) is 11.1 Å². The Bertz CT molecular complexity index is 970. The van der Waals surface area contributed by atoms with Crippen LogP contribution in [0.4, 0.5) is 0 Å². The van der Waals surface area contributed by atoms with Gasteiger partial charge in [-0.3, -0.25) is 0 Å². The normalized spacial score (nSPS) is 38.1. The molecule has 0 aliphatic heterocycles. The molecule has 4 saturated carbocycles. The molecule has 0 heterocycles. The quantitative estimate of drug-likeness (QED) is 0.393. The Morgan fingerprint density at radius 1 is 0.889 bits per heavy atom. The highest BCUT2D eigenvalue weighted by atomic mass is 35.5. The van der Waals surface area contributed by atoms with E-state index >= 15 is 0 Å². The number of benzene rings is 2. The maximum atomic E-state index is 7.01. The van der Waals surface area contributed by atoms with Gasteiger partial charge in [0.05, 0.1) is 10.0 Å². The fraction of sp³-hybridized carbons (Fsp3) is 0.520. The molecule has 2 atom stereocenters. The van der Waals surface area contributed by atoms with Gasteiger partial charge in [0.25, 0.3) is 0 Å². The van der Waals surface area contributed by atoms with E-state index in [1.807, 2.05) is 0 Å². The first kappa shape index (κ1) is 16.9. The van der Waals surface area contributed by atoms with Gasteiger partial charge in [-0.25, -0.2) is 0 Å². The van der Waals surface area contributed by atoms with E-state index in [2.05, 4.69) is 44.2 Å². The average Bonchev–Trinajstić information content (AvgIpc) is 2.90. The first-order chi connectivity index (χ1) is 12.8. The van der Waals surface area contributed by atoms with E-state index in [1.54, 1.807) is 0 Å². The predicted octanol–water partition coefficient (Wildman–Crippen LogP) is 7.81. The van der Waals surface area contributed by atoms with Crippen molar-refractivity contribution in [2.75, 3.05) is 0 Å². The van der Waals surface area contributed by atoms with Crippen molar-refractivity contribution < 1.29 is 0 Å². The standard InChI is InChI=1S/C25H26Cl2/c1-23-9-15-10-24(2,12-23)14-25(11-15,13-23)21-19-7-16-5-3-4-6-17(16)18(19)8-20(26)22(21)27/h3-6,8,15H,7,9-14H2,1-2H3. The summed E-state index contributed by atoms with van der Waals surface area (Å²) in [6, 6.07) is 10.9. The van der Waals surface area contributed by atoms with Crippen molar-refractivity contribution >= 4 is 23.2 Å². The number of fused-ring (bicyclic) bond motifs is 3. The molecule has 7 rings (SSSR count). The molecule has 140 valence electrons. The maximum absolute atomic E-state index is 7.01. The minimum Gasteiger partial charge on any atom is -0.0827 e. The zero-order chi connectivity index (χ0) is 18.6. The Hall–Kier alpha value is -0.980. The van der Waals surface area contributed by atoms with Gasteiger partial charge in [0, 0.05) is 0 Å². The van der Waals surface area contributed by atoms with Crippen molar-refractivity contribution in [3.63, 3.8) is 0 Å². The summed E-state index contributed by atoms with van der Waals surface area (Å²) in [5, 5.41) is 1.59. The van der Waals surface area contributed by atoms with Crippen molar-refractivity contribution in [1.82, 2.24) is 0 Å². The Kier molecular flexibility index (Phi) is 3.22. The molecule has 0 N–H and O–H groups in total. The lowest BCUT2D eigenvalue weighted by molar-refractivity contribution is -0.110.